The second-order valence-corrected chi connectivity index (χ2v) is 18.2. The molecule has 0 atom stereocenters. The second kappa shape index (κ2) is 12.0. The number of fused-ring (bicyclic) bond motifs is 7. The molecular weight excluding hydrogens is 664 g/mol. The molecule has 0 nitrogen and oxygen atoms in total. The fraction of sp³-hybridized carbons (Fsp3) is 0.353. The van der Waals surface area contributed by atoms with Crippen LogP contribution >= 0.6 is 45.3 Å². The maximum absolute atomic E-state index is 2.54. The summed E-state index contributed by atoms with van der Waals surface area (Å²) in [5.74, 6) is 0. The molecule has 0 saturated heterocycles. The number of hydrogen-bond donors (Lipinski definition) is 0. The zero-order chi connectivity index (χ0) is 26.2. The SMILES string of the molecule is CCCCCCCCCCCCc1ccc(-c2cc3cc4c(cc3[te]2)sc2c3cc5ccsc5cc3sc42)s1. The van der Waals surface area contributed by atoms with E-state index in [1.165, 1.54) is 121 Å². The topological polar surface area (TPSA) is 0 Å². The van der Waals surface area contributed by atoms with Crippen LogP contribution in [0.25, 0.3) is 56.9 Å². The minimum absolute atomic E-state index is 0.312. The standard InChI is InChI=1S/C34H34S4Te/c1-2-3-4-5-6-7-8-9-10-11-12-24-13-14-27(36-24)32-19-23-18-26-30(21-31(23)39-32)38-33-25-17-22-15-16-35-28(22)20-29(25)37-34(26)33/h13-21H,2-12H2,1H3. The molecule has 39 heavy (non-hydrogen) atoms. The molecule has 0 fully saturated rings. The van der Waals surface area contributed by atoms with Crippen molar-refractivity contribution in [1.82, 2.24) is 0 Å². The predicted octanol–water partition coefficient (Wildman–Crippen LogP) is 12.9. The summed E-state index contributed by atoms with van der Waals surface area (Å²) in [5, 5.41) is 8.00. The third-order valence-corrected chi connectivity index (χ3v) is 16.2. The molecule has 0 unspecified atom stereocenters. The van der Waals surface area contributed by atoms with Crippen LogP contribution in [0.15, 0.2) is 53.9 Å². The monoisotopic (exact) mass is 700 g/mol. The molecule has 0 N–H and O–H groups in total. The van der Waals surface area contributed by atoms with Gasteiger partial charge in [0.25, 0.3) is 0 Å². The fourth-order valence-electron chi connectivity index (χ4n) is 5.80. The third-order valence-electron chi connectivity index (χ3n) is 7.97. The van der Waals surface area contributed by atoms with E-state index in [0.717, 1.165) is 0 Å². The van der Waals surface area contributed by atoms with Crippen LogP contribution in [-0.2, 0) is 6.42 Å². The Bertz CT molecular complexity index is 1870. The molecule has 0 bridgehead atoms. The van der Waals surface area contributed by atoms with Crippen LogP contribution in [0, 0.1) is 0 Å². The molecule has 200 valence electrons. The van der Waals surface area contributed by atoms with Crippen molar-refractivity contribution >= 4 is 114 Å². The van der Waals surface area contributed by atoms with Gasteiger partial charge in [-0.3, -0.25) is 0 Å². The van der Waals surface area contributed by atoms with Crippen LogP contribution in [0.5, 0.6) is 0 Å². The number of aryl methyl sites for hydroxylation is 1. The molecule has 5 heterocycles. The van der Waals surface area contributed by atoms with Crippen LogP contribution in [0.2, 0.25) is 0 Å². The molecule has 7 rings (SSSR count). The average molecular weight is 699 g/mol. The Morgan fingerprint density at radius 2 is 1.31 bits per heavy atom. The van der Waals surface area contributed by atoms with Gasteiger partial charge in [0, 0.05) is 0 Å². The average Bonchev–Trinajstić information content (AvgIpc) is 3.75. The first-order valence-corrected chi connectivity index (χ1v) is 20.2. The maximum atomic E-state index is 2.54. The molecule has 2 aromatic carbocycles. The molecular formula is C34H34S4Te. The summed E-state index contributed by atoms with van der Waals surface area (Å²) in [5.41, 5.74) is 0. The van der Waals surface area contributed by atoms with Crippen molar-refractivity contribution in [1.29, 1.82) is 0 Å². The van der Waals surface area contributed by atoms with Crippen molar-refractivity contribution in [2.75, 3.05) is 0 Å². The second-order valence-electron chi connectivity index (χ2n) is 10.9. The van der Waals surface area contributed by atoms with Gasteiger partial charge in [0.15, 0.2) is 0 Å². The first kappa shape index (κ1) is 26.7. The summed E-state index contributed by atoms with van der Waals surface area (Å²) in [7, 11) is 0. The quantitative estimate of drug-likeness (QED) is 0.0880. The van der Waals surface area contributed by atoms with E-state index < -0.39 is 0 Å². The van der Waals surface area contributed by atoms with Crippen LogP contribution < -0.4 is 0 Å². The molecule has 0 spiro atoms. The number of unbranched alkanes of at least 4 members (excludes halogenated alkanes) is 9. The van der Waals surface area contributed by atoms with Gasteiger partial charge in [-0.25, -0.2) is 0 Å². The normalized spacial score (nSPS) is 12.3. The first-order chi connectivity index (χ1) is 19.3. The molecule has 0 aliphatic heterocycles. The van der Waals surface area contributed by atoms with Crippen LogP contribution in [-0.4, -0.2) is 20.4 Å². The Morgan fingerprint density at radius 1 is 0.615 bits per heavy atom. The molecule has 7 aromatic rings. The summed E-state index contributed by atoms with van der Waals surface area (Å²) < 4.78 is 10.6. The number of thiophene rings is 4. The zero-order valence-electron chi connectivity index (χ0n) is 22.5. The van der Waals surface area contributed by atoms with Crippen LogP contribution in [0.1, 0.15) is 76.0 Å². The Balaban J connectivity index is 1.03. The molecule has 0 amide bonds. The van der Waals surface area contributed by atoms with Gasteiger partial charge in [-0.1, -0.05) is 26.2 Å². The molecule has 0 saturated carbocycles. The van der Waals surface area contributed by atoms with Gasteiger partial charge in [-0.2, -0.15) is 0 Å². The van der Waals surface area contributed by atoms with E-state index >= 15 is 0 Å². The third kappa shape index (κ3) is 5.53. The van der Waals surface area contributed by atoms with Gasteiger partial charge in [0.2, 0.25) is 0 Å². The molecule has 5 heteroatoms. The summed E-state index contributed by atoms with van der Waals surface area (Å²) in [6.07, 6.45) is 15.4. The molecule has 0 radical (unpaired) electrons. The van der Waals surface area contributed by atoms with Crippen molar-refractivity contribution in [3.63, 3.8) is 0 Å². The van der Waals surface area contributed by atoms with E-state index in [2.05, 4.69) is 72.2 Å². The summed E-state index contributed by atoms with van der Waals surface area (Å²) in [6, 6.07) is 19.5. The van der Waals surface area contributed by atoms with E-state index in [0.29, 0.717) is 0 Å². The predicted molar refractivity (Wildman–Crippen MR) is 183 cm³/mol. The van der Waals surface area contributed by atoms with E-state index in [1.807, 2.05) is 34.0 Å². The van der Waals surface area contributed by atoms with Gasteiger partial charge in [-0.15, -0.1) is 0 Å². The Labute approximate surface area is 256 Å². The molecule has 0 aliphatic rings. The number of hydrogen-bond acceptors (Lipinski definition) is 4. The minimum atomic E-state index is -0.312. The summed E-state index contributed by atoms with van der Waals surface area (Å²) >= 11 is 7.60. The van der Waals surface area contributed by atoms with E-state index in [4.69, 9.17) is 0 Å². The van der Waals surface area contributed by atoms with Crippen molar-refractivity contribution in [3.05, 3.63) is 58.8 Å². The Kier molecular flexibility index (Phi) is 8.19. The Hall–Kier alpha value is -1.19. The zero-order valence-corrected chi connectivity index (χ0v) is 28.1. The Morgan fingerprint density at radius 3 is 2.08 bits per heavy atom. The molecule has 5 aromatic heterocycles. The van der Waals surface area contributed by atoms with Gasteiger partial charge in [-0.05, 0) is 0 Å². The van der Waals surface area contributed by atoms with E-state index in [1.54, 1.807) is 11.9 Å². The molecule has 0 aliphatic carbocycles. The summed E-state index contributed by atoms with van der Waals surface area (Å²) in [4.78, 5) is 3.12. The van der Waals surface area contributed by atoms with Crippen molar-refractivity contribution < 1.29 is 0 Å². The van der Waals surface area contributed by atoms with E-state index in [-0.39, 0.29) is 20.4 Å². The van der Waals surface area contributed by atoms with Crippen LogP contribution in [0.3, 0.4) is 0 Å². The van der Waals surface area contributed by atoms with Gasteiger partial charge < -0.3 is 0 Å². The van der Waals surface area contributed by atoms with Crippen molar-refractivity contribution in [2.24, 2.45) is 0 Å². The van der Waals surface area contributed by atoms with Crippen molar-refractivity contribution in [3.8, 4) is 8.46 Å². The van der Waals surface area contributed by atoms with Gasteiger partial charge in [0.1, 0.15) is 0 Å². The van der Waals surface area contributed by atoms with Gasteiger partial charge in [0.05, 0.1) is 0 Å². The first-order valence-electron chi connectivity index (χ1n) is 14.6. The number of benzene rings is 2. The van der Waals surface area contributed by atoms with Gasteiger partial charge >= 0.3 is 233 Å². The number of rotatable bonds is 12. The van der Waals surface area contributed by atoms with Crippen LogP contribution in [0.4, 0.5) is 0 Å². The fourth-order valence-corrected chi connectivity index (χ4v) is 14.1. The van der Waals surface area contributed by atoms with E-state index in [9.17, 15) is 0 Å². The summed E-state index contributed by atoms with van der Waals surface area (Å²) in [6.45, 7) is 2.30. The van der Waals surface area contributed by atoms with Crippen molar-refractivity contribution in [2.45, 2.75) is 77.6 Å².